The van der Waals surface area contributed by atoms with Gasteiger partial charge in [0.1, 0.15) is 16.7 Å². The zero-order valence-electron chi connectivity index (χ0n) is 11.6. The van der Waals surface area contributed by atoms with Gasteiger partial charge in [0.25, 0.3) is 0 Å². The van der Waals surface area contributed by atoms with Gasteiger partial charge in [-0.05, 0) is 36.4 Å². The molecule has 7 heteroatoms. The summed E-state index contributed by atoms with van der Waals surface area (Å²) in [5, 5.41) is 0. The second kappa shape index (κ2) is 5.49. The number of anilines is 1. The van der Waals surface area contributed by atoms with Crippen LogP contribution in [0.25, 0.3) is 5.82 Å². The summed E-state index contributed by atoms with van der Waals surface area (Å²) in [7, 11) is 4.25. The SMILES string of the molecule is CN(C)[C@@H]1CCN(c2cnc(-n3cnc(Br)c3)cn2)C1. The predicted octanol–water partition coefficient (Wildman–Crippen LogP) is 1.57. The Hall–Kier alpha value is -1.47. The molecule has 0 aromatic carbocycles. The molecule has 0 saturated carbocycles. The molecule has 0 unspecified atom stereocenters. The number of hydrogen-bond donors (Lipinski definition) is 0. The van der Waals surface area contributed by atoms with E-state index in [4.69, 9.17) is 0 Å². The van der Waals surface area contributed by atoms with Gasteiger partial charge in [0.05, 0.1) is 12.4 Å². The minimum atomic E-state index is 0.598. The second-order valence-electron chi connectivity index (χ2n) is 5.19. The van der Waals surface area contributed by atoms with E-state index in [0.29, 0.717) is 6.04 Å². The van der Waals surface area contributed by atoms with Crippen LogP contribution in [-0.2, 0) is 0 Å². The maximum Gasteiger partial charge on any atom is 0.156 e. The molecule has 1 aliphatic heterocycles. The van der Waals surface area contributed by atoms with Gasteiger partial charge in [-0.3, -0.25) is 4.57 Å². The molecule has 2 aromatic rings. The zero-order chi connectivity index (χ0) is 14.1. The quantitative estimate of drug-likeness (QED) is 0.851. The fourth-order valence-corrected chi connectivity index (χ4v) is 2.72. The third kappa shape index (κ3) is 2.69. The Kier molecular flexibility index (Phi) is 3.71. The predicted molar refractivity (Wildman–Crippen MR) is 81.2 cm³/mol. The van der Waals surface area contributed by atoms with Crippen LogP contribution in [0.3, 0.4) is 0 Å². The maximum absolute atomic E-state index is 4.52. The zero-order valence-corrected chi connectivity index (χ0v) is 13.2. The van der Waals surface area contributed by atoms with Crippen molar-refractivity contribution in [3.05, 3.63) is 29.5 Å². The summed E-state index contributed by atoms with van der Waals surface area (Å²) >= 11 is 3.32. The molecule has 6 nitrogen and oxygen atoms in total. The van der Waals surface area contributed by atoms with Gasteiger partial charge in [0.2, 0.25) is 0 Å². The first-order valence-corrected chi connectivity index (χ1v) is 7.36. The van der Waals surface area contributed by atoms with Crippen LogP contribution < -0.4 is 4.90 Å². The van der Waals surface area contributed by atoms with E-state index in [2.05, 4.69) is 54.8 Å². The van der Waals surface area contributed by atoms with Crippen molar-refractivity contribution in [3.8, 4) is 5.82 Å². The lowest BCUT2D eigenvalue weighted by atomic mass is 10.2. The van der Waals surface area contributed by atoms with Crippen LogP contribution in [0.5, 0.6) is 0 Å². The molecular formula is C13H17BrN6. The van der Waals surface area contributed by atoms with Crippen molar-refractivity contribution in [2.75, 3.05) is 32.1 Å². The van der Waals surface area contributed by atoms with Crippen molar-refractivity contribution >= 4 is 21.7 Å². The van der Waals surface area contributed by atoms with Gasteiger partial charge in [0.15, 0.2) is 5.82 Å². The fourth-order valence-electron chi connectivity index (χ4n) is 2.41. The first-order chi connectivity index (χ1) is 9.63. The Labute approximate surface area is 126 Å². The minimum absolute atomic E-state index is 0.598. The molecule has 1 aliphatic rings. The van der Waals surface area contributed by atoms with Crippen molar-refractivity contribution < 1.29 is 0 Å². The minimum Gasteiger partial charge on any atom is -0.354 e. The summed E-state index contributed by atoms with van der Waals surface area (Å²) in [5.74, 6) is 1.72. The van der Waals surface area contributed by atoms with Gasteiger partial charge in [0, 0.05) is 25.3 Å². The van der Waals surface area contributed by atoms with E-state index in [1.54, 1.807) is 12.5 Å². The lowest BCUT2D eigenvalue weighted by Gasteiger charge is -2.20. The first-order valence-electron chi connectivity index (χ1n) is 6.57. The Morgan fingerprint density at radius 1 is 1.20 bits per heavy atom. The number of imidazole rings is 1. The van der Waals surface area contributed by atoms with Gasteiger partial charge >= 0.3 is 0 Å². The molecule has 106 valence electrons. The summed E-state index contributed by atoms with van der Waals surface area (Å²) in [6, 6.07) is 0.598. The van der Waals surface area contributed by atoms with Gasteiger partial charge in [-0.25, -0.2) is 15.0 Å². The summed E-state index contributed by atoms with van der Waals surface area (Å²) in [6.07, 6.45) is 8.37. The van der Waals surface area contributed by atoms with Crippen molar-refractivity contribution in [3.63, 3.8) is 0 Å². The molecule has 1 saturated heterocycles. The Morgan fingerprint density at radius 2 is 1.95 bits per heavy atom. The Morgan fingerprint density at radius 3 is 2.50 bits per heavy atom. The second-order valence-corrected chi connectivity index (χ2v) is 6.00. The Balaban J connectivity index is 1.74. The molecule has 0 amide bonds. The molecule has 3 rings (SSSR count). The number of nitrogens with zero attached hydrogens (tertiary/aromatic N) is 6. The average molecular weight is 337 g/mol. The maximum atomic E-state index is 4.52. The van der Waals surface area contributed by atoms with E-state index in [1.165, 1.54) is 6.42 Å². The van der Waals surface area contributed by atoms with E-state index in [1.807, 2.05) is 17.0 Å². The van der Waals surface area contributed by atoms with Crippen LogP contribution in [0.1, 0.15) is 6.42 Å². The average Bonchev–Trinajstić information content (AvgIpc) is 3.08. The van der Waals surface area contributed by atoms with Crippen molar-refractivity contribution in [1.82, 2.24) is 24.4 Å². The van der Waals surface area contributed by atoms with Gasteiger partial charge in [-0.2, -0.15) is 0 Å². The first kappa shape index (κ1) is 13.5. The highest BCUT2D eigenvalue weighted by molar-refractivity contribution is 9.10. The molecule has 0 bridgehead atoms. The van der Waals surface area contributed by atoms with Gasteiger partial charge in [-0.15, -0.1) is 0 Å². The molecule has 1 atom stereocenters. The lowest BCUT2D eigenvalue weighted by Crippen LogP contribution is -2.31. The molecular weight excluding hydrogens is 320 g/mol. The summed E-state index contributed by atoms with van der Waals surface area (Å²) in [6.45, 7) is 2.05. The summed E-state index contributed by atoms with van der Waals surface area (Å²) in [5.41, 5.74) is 0. The van der Waals surface area contributed by atoms with Crippen LogP contribution in [0.15, 0.2) is 29.5 Å². The van der Waals surface area contributed by atoms with Crippen molar-refractivity contribution in [2.45, 2.75) is 12.5 Å². The van der Waals surface area contributed by atoms with E-state index in [-0.39, 0.29) is 0 Å². The summed E-state index contributed by atoms with van der Waals surface area (Å²) < 4.78 is 2.63. The molecule has 0 spiro atoms. The molecule has 20 heavy (non-hydrogen) atoms. The highest BCUT2D eigenvalue weighted by Gasteiger charge is 2.24. The van der Waals surface area contributed by atoms with Crippen molar-refractivity contribution in [2.24, 2.45) is 0 Å². The smallest absolute Gasteiger partial charge is 0.156 e. The fraction of sp³-hybridized carbons (Fsp3) is 0.462. The molecule has 0 radical (unpaired) electrons. The third-order valence-corrected chi connectivity index (χ3v) is 4.07. The van der Waals surface area contributed by atoms with Crippen LogP contribution >= 0.6 is 15.9 Å². The summed E-state index contributed by atoms with van der Waals surface area (Å²) in [4.78, 5) is 17.7. The highest BCUT2D eigenvalue weighted by Crippen LogP contribution is 2.20. The van der Waals surface area contributed by atoms with E-state index in [0.717, 1.165) is 29.3 Å². The molecule has 2 aromatic heterocycles. The lowest BCUT2D eigenvalue weighted by molar-refractivity contribution is 0.315. The van der Waals surface area contributed by atoms with E-state index < -0.39 is 0 Å². The monoisotopic (exact) mass is 336 g/mol. The Bertz CT molecular complexity index is 579. The van der Waals surface area contributed by atoms with Gasteiger partial charge < -0.3 is 9.80 Å². The van der Waals surface area contributed by atoms with Crippen molar-refractivity contribution in [1.29, 1.82) is 0 Å². The number of likely N-dealkylation sites (N-methyl/N-ethyl adjacent to an activating group) is 1. The molecule has 1 fully saturated rings. The molecule has 0 N–H and O–H groups in total. The highest BCUT2D eigenvalue weighted by atomic mass is 79.9. The van der Waals surface area contributed by atoms with E-state index >= 15 is 0 Å². The van der Waals surface area contributed by atoms with E-state index in [9.17, 15) is 0 Å². The third-order valence-electron chi connectivity index (χ3n) is 3.66. The molecule has 3 heterocycles. The van der Waals surface area contributed by atoms with Crippen LogP contribution in [0.2, 0.25) is 0 Å². The normalized spacial score (nSPS) is 19.0. The van der Waals surface area contributed by atoms with Crippen LogP contribution in [0, 0.1) is 0 Å². The number of hydrogen-bond acceptors (Lipinski definition) is 5. The number of aromatic nitrogens is 4. The standard InChI is InChI=1S/C13H17BrN6/c1-18(2)10-3-4-19(7-10)12-5-16-13(6-15-12)20-8-11(14)17-9-20/h5-6,8-10H,3-4,7H2,1-2H3/t10-/m1/s1. The van der Waals surface area contributed by atoms with Gasteiger partial charge in [-0.1, -0.05) is 0 Å². The number of halogens is 1. The van der Waals surface area contributed by atoms with Crippen LogP contribution in [-0.4, -0.2) is 57.6 Å². The molecule has 0 aliphatic carbocycles. The largest absolute Gasteiger partial charge is 0.354 e. The topological polar surface area (TPSA) is 50.1 Å². The number of rotatable bonds is 3. The van der Waals surface area contributed by atoms with Crippen LogP contribution in [0.4, 0.5) is 5.82 Å².